The van der Waals surface area contributed by atoms with E-state index in [2.05, 4.69) is 39.8 Å². The smallest absolute Gasteiger partial charge is 0.407 e. The molecule has 3 atom stereocenters. The molecule has 3 aliphatic rings. The van der Waals surface area contributed by atoms with Gasteiger partial charge in [0.05, 0.1) is 12.6 Å². The van der Waals surface area contributed by atoms with E-state index in [0.717, 1.165) is 51.6 Å². The maximum atomic E-state index is 11.9. The Morgan fingerprint density at radius 2 is 1.90 bits per heavy atom. The first-order valence-electron chi connectivity index (χ1n) is 12.0. The van der Waals surface area contributed by atoms with Crippen LogP contribution >= 0.6 is 0 Å². The SMILES string of the molecule is CCOC(=O)NC1CCCCC(N2CCC3(CC2)CC(NC(C)=O)c2ccccc23)C1.[HH]. The maximum absolute atomic E-state index is 11.9. The van der Waals surface area contributed by atoms with Gasteiger partial charge in [0.2, 0.25) is 5.91 Å². The van der Waals surface area contributed by atoms with Crippen molar-refractivity contribution in [3.8, 4) is 0 Å². The molecule has 0 aromatic heterocycles. The summed E-state index contributed by atoms with van der Waals surface area (Å²) in [5, 5.41) is 6.27. The van der Waals surface area contributed by atoms with Crippen molar-refractivity contribution < 1.29 is 15.8 Å². The molecular formula is C25H39N3O3. The number of fused-ring (bicyclic) bond motifs is 2. The Morgan fingerprint density at radius 3 is 2.65 bits per heavy atom. The van der Waals surface area contributed by atoms with Crippen molar-refractivity contribution in [2.75, 3.05) is 19.7 Å². The van der Waals surface area contributed by atoms with Gasteiger partial charge in [0, 0.05) is 25.8 Å². The molecule has 3 unspecified atom stereocenters. The van der Waals surface area contributed by atoms with E-state index in [0.29, 0.717) is 12.6 Å². The van der Waals surface area contributed by atoms with Crippen molar-refractivity contribution in [2.24, 2.45) is 0 Å². The number of likely N-dealkylation sites (tertiary alicyclic amines) is 1. The van der Waals surface area contributed by atoms with Crippen molar-refractivity contribution in [1.82, 2.24) is 15.5 Å². The number of piperidine rings is 1. The van der Waals surface area contributed by atoms with Crippen LogP contribution in [0.15, 0.2) is 24.3 Å². The van der Waals surface area contributed by atoms with Crippen LogP contribution in [0, 0.1) is 0 Å². The molecule has 1 saturated carbocycles. The molecule has 172 valence electrons. The van der Waals surface area contributed by atoms with Crippen molar-refractivity contribution >= 4 is 12.0 Å². The Kier molecular flexibility index (Phi) is 6.85. The summed E-state index contributed by atoms with van der Waals surface area (Å²) >= 11 is 0. The van der Waals surface area contributed by atoms with E-state index in [4.69, 9.17) is 4.74 Å². The number of benzene rings is 1. The lowest BCUT2D eigenvalue weighted by Crippen LogP contribution is -2.48. The van der Waals surface area contributed by atoms with Crippen LogP contribution in [-0.4, -0.2) is 48.7 Å². The predicted molar refractivity (Wildman–Crippen MR) is 123 cm³/mol. The lowest BCUT2D eigenvalue weighted by atomic mass is 9.73. The highest BCUT2D eigenvalue weighted by Gasteiger charge is 2.46. The predicted octanol–water partition coefficient (Wildman–Crippen LogP) is 4.29. The van der Waals surface area contributed by atoms with Crippen molar-refractivity contribution in [3.05, 3.63) is 35.4 Å². The molecule has 2 N–H and O–H groups in total. The van der Waals surface area contributed by atoms with Crippen LogP contribution < -0.4 is 10.6 Å². The average molecular weight is 430 g/mol. The fourth-order valence-electron chi connectivity index (χ4n) is 6.20. The second kappa shape index (κ2) is 9.60. The number of ether oxygens (including phenoxy) is 1. The quantitative estimate of drug-likeness (QED) is 0.701. The normalized spacial score (nSPS) is 27.9. The molecule has 4 rings (SSSR count). The Balaban J connectivity index is 0.00000289. The summed E-state index contributed by atoms with van der Waals surface area (Å²) in [6, 6.07) is 9.56. The molecule has 2 aliphatic carbocycles. The summed E-state index contributed by atoms with van der Waals surface area (Å²) < 4.78 is 5.11. The van der Waals surface area contributed by atoms with Gasteiger partial charge in [-0.05, 0) is 69.7 Å². The highest BCUT2D eigenvalue weighted by molar-refractivity contribution is 5.74. The molecule has 2 amide bonds. The summed E-state index contributed by atoms with van der Waals surface area (Å²) in [5.74, 6) is 0.0490. The van der Waals surface area contributed by atoms with Gasteiger partial charge in [0.1, 0.15) is 0 Å². The summed E-state index contributed by atoms with van der Waals surface area (Å²) in [5.41, 5.74) is 2.92. The van der Waals surface area contributed by atoms with Crippen LogP contribution in [0.5, 0.6) is 0 Å². The van der Waals surface area contributed by atoms with Crippen LogP contribution in [0.2, 0.25) is 0 Å². The number of amides is 2. The van der Waals surface area contributed by atoms with Crippen LogP contribution in [0.4, 0.5) is 4.79 Å². The Labute approximate surface area is 187 Å². The first-order valence-corrected chi connectivity index (χ1v) is 12.0. The van der Waals surface area contributed by atoms with Crippen molar-refractivity contribution in [2.45, 2.75) is 88.8 Å². The van der Waals surface area contributed by atoms with E-state index in [9.17, 15) is 9.59 Å². The molecule has 1 aliphatic heterocycles. The minimum absolute atomic E-state index is 0. The highest BCUT2D eigenvalue weighted by Crippen LogP contribution is 2.51. The second-order valence-electron chi connectivity index (χ2n) is 9.60. The zero-order valence-corrected chi connectivity index (χ0v) is 19.0. The number of nitrogens with one attached hydrogen (secondary N) is 2. The van der Waals surface area contributed by atoms with Crippen molar-refractivity contribution in [3.63, 3.8) is 0 Å². The molecule has 31 heavy (non-hydrogen) atoms. The number of hydrogen-bond acceptors (Lipinski definition) is 4. The number of alkyl carbamates (subject to hydrolysis) is 1. The van der Waals surface area contributed by atoms with E-state index in [-0.39, 0.29) is 30.9 Å². The van der Waals surface area contributed by atoms with Gasteiger partial charge in [-0.1, -0.05) is 37.1 Å². The van der Waals surface area contributed by atoms with Gasteiger partial charge >= 0.3 is 6.09 Å². The third-order valence-corrected chi connectivity index (χ3v) is 7.65. The lowest BCUT2D eigenvalue weighted by Gasteiger charge is -2.44. The molecule has 2 fully saturated rings. The first-order chi connectivity index (χ1) is 15.0. The summed E-state index contributed by atoms with van der Waals surface area (Å²) in [6.45, 7) is 6.03. The Bertz CT molecular complexity index is 794. The Hall–Kier alpha value is -2.08. The molecular weight excluding hydrogens is 390 g/mol. The van der Waals surface area contributed by atoms with E-state index in [1.54, 1.807) is 6.92 Å². The number of nitrogens with zero attached hydrogens (tertiary/aromatic N) is 1. The third-order valence-electron chi connectivity index (χ3n) is 7.65. The molecule has 1 saturated heterocycles. The van der Waals surface area contributed by atoms with Gasteiger partial charge in [-0.15, -0.1) is 0 Å². The lowest BCUT2D eigenvalue weighted by molar-refractivity contribution is -0.119. The molecule has 0 bridgehead atoms. The number of rotatable bonds is 4. The van der Waals surface area contributed by atoms with Gasteiger partial charge in [0.15, 0.2) is 0 Å². The fourth-order valence-corrected chi connectivity index (χ4v) is 6.20. The fraction of sp³-hybridized carbons (Fsp3) is 0.680. The highest BCUT2D eigenvalue weighted by atomic mass is 16.5. The Morgan fingerprint density at radius 1 is 1.16 bits per heavy atom. The summed E-state index contributed by atoms with van der Waals surface area (Å²) in [4.78, 5) is 26.3. The standard InChI is InChI=1S/C25H37N3O3.H2/c1-3-31-24(30)27-19-8-4-5-9-20(16-19)28-14-12-25(13-15-28)17-23(26-18(2)29)21-10-6-7-11-22(21)25;/h6-7,10-11,19-20,23H,3-5,8-9,12-17H2,1-2H3,(H,26,29)(H,27,30);1H. The summed E-state index contributed by atoms with van der Waals surface area (Å²) in [7, 11) is 0. The number of hydrogen-bond donors (Lipinski definition) is 2. The topological polar surface area (TPSA) is 70.7 Å². The van der Waals surface area contributed by atoms with Crippen LogP contribution in [0.25, 0.3) is 0 Å². The second-order valence-corrected chi connectivity index (χ2v) is 9.60. The van der Waals surface area contributed by atoms with E-state index in [1.807, 2.05) is 6.92 Å². The van der Waals surface area contributed by atoms with E-state index >= 15 is 0 Å². The van der Waals surface area contributed by atoms with Crippen LogP contribution in [-0.2, 0) is 14.9 Å². The molecule has 6 nitrogen and oxygen atoms in total. The third kappa shape index (κ3) is 4.89. The van der Waals surface area contributed by atoms with Gasteiger partial charge in [-0.2, -0.15) is 0 Å². The maximum Gasteiger partial charge on any atom is 0.407 e. The molecule has 1 aromatic carbocycles. The minimum Gasteiger partial charge on any atom is -0.450 e. The van der Waals surface area contributed by atoms with Crippen LogP contribution in [0.3, 0.4) is 0 Å². The molecule has 6 heteroatoms. The zero-order chi connectivity index (χ0) is 21.8. The molecule has 1 spiro atoms. The zero-order valence-electron chi connectivity index (χ0n) is 19.0. The monoisotopic (exact) mass is 429 g/mol. The van der Waals surface area contributed by atoms with Crippen molar-refractivity contribution in [1.29, 1.82) is 0 Å². The largest absolute Gasteiger partial charge is 0.450 e. The molecule has 1 heterocycles. The summed E-state index contributed by atoms with van der Waals surface area (Å²) in [6.07, 6.45) is 8.64. The van der Waals surface area contributed by atoms with Gasteiger partial charge in [-0.3, -0.25) is 4.79 Å². The van der Waals surface area contributed by atoms with Crippen LogP contribution in [0.1, 0.15) is 83.8 Å². The van der Waals surface area contributed by atoms with Gasteiger partial charge < -0.3 is 20.3 Å². The first kappa shape index (κ1) is 22.1. The number of carbonyl (C=O) groups excluding carboxylic acids is 2. The average Bonchev–Trinajstić information content (AvgIpc) is 2.89. The van der Waals surface area contributed by atoms with Gasteiger partial charge in [-0.25, -0.2) is 4.79 Å². The molecule has 0 radical (unpaired) electrons. The van der Waals surface area contributed by atoms with E-state index in [1.165, 1.54) is 24.0 Å². The molecule has 1 aromatic rings. The van der Waals surface area contributed by atoms with Gasteiger partial charge in [0.25, 0.3) is 0 Å². The minimum atomic E-state index is -0.280. The number of carbonyl (C=O) groups is 2. The van der Waals surface area contributed by atoms with E-state index < -0.39 is 0 Å².